The molecule has 1 N–H and O–H groups in total. The maximum absolute atomic E-state index is 12.5. The standard InChI is InChI=1S/C20H20N4O6/c1-3-13(22-17-9-8-14(10-21-17)24(28)29)11-30-20(27)12(2)23-18(25)15-6-4-5-7-16(15)19(23)26/h4-10,12-13H,3,11H2,1-2H3,(H,21,22). The average Bonchev–Trinajstić information content (AvgIpc) is 3.01. The molecule has 2 aromatic rings. The number of nitrogens with one attached hydrogen (secondary N) is 1. The summed E-state index contributed by atoms with van der Waals surface area (Å²) in [6, 6.07) is 7.79. The van der Waals surface area contributed by atoms with Crippen LogP contribution in [0.3, 0.4) is 0 Å². The number of imide groups is 1. The van der Waals surface area contributed by atoms with Gasteiger partial charge in [-0.3, -0.25) is 24.6 Å². The monoisotopic (exact) mass is 412 g/mol. The van der Waals surface area contributed by atoms with E-state index >= 15 is 0 Å². The largest absolute Gasteiger partial charge is 0.462 e. The highest BCUT2D eigenvalue weighted by atomic mass is 16.6. The fourth-order valence-electron chi connectivity index (χ4n) is 3.02. The Balaban J connectivity index is 1.59. The second-order valence-corrected chi connectivity index (χ2v) is 6.74. The van der Waals surface area contributed by atoms with E-state index in [1.165, 1.54) is 19.1 Å². The molecule has 0 saturated carbocycles. The molecule has 30 heavy (non-hydrogen) atoms. The number of aromatic nitrogens is 1. The van der Waals surface area contributed by atoms with Crippen LogP contribution in [0.1, 0.15) is 41.0 Å². The molecule has 10 heteroatoms. The predicted octanol–water partition coefficient (Wildman–Crippen LogP) is 2.41. The molecule has 10 nitrogen and oxygen atoms in total. The molecule has 0 aliphatic carbocycles. The van der Waals surface area contributed by atoms with Crippen molar-refractivity contribution in [3.8, 4) is 0 Å². The summed E-state index contributed by atoms with van der Waals surface area (Å²) in [4.78, 5) is 52.5. The van der Waals surface area contributed by atoms with Gasteiger partial charge >= 0.3 is 5.97 Å². The average molecular weight is 412 g/mol. The molecule has 1 aromatic carbocycles. The van der Waals surface area contributed by atoms with Gasteiger partial charge in [0.2, 0.25) is 0 Å². The van der Waals surface area contributed by atoms with E-state index in [1.807, 2.05) is 6.92 Å². The first-order valence-corrected chi connectivity index (χ1v) is 9.34. The van der Waals surface area contributed by atoms with Gasteiger partial charge < -0.3 is 10.1 Å². The first-order valence-electron chi connectivity index (χ1n) is 9.34. The summed E-state index contributed by atoms with van der Waals surface area (Å²) in [6.45, 7) is 3.28. The summed E-state index contributed by atoms with van der Waals surface area (Å²) >= 11 is 0. The third-order valence-corrected chi connectivity index (χ3v) is 4.78. The third-order valence-electron chi connectivity index (χ3n) is 4.78. The molecule has 2 amide bonds. The summed E-state index contributed by atoms with van der Waals surface area (Å²) in [5.41, 5.74) is 0.397. The van der Waals surface area contributed by atoms with E-state index in [9.17, 15) is 24.5 Å². The quantitative estimate of drug-likeness (QED) is 0.303. The van der Waals surface area contributed by atoms with E-state index in [0.29, 0.717) is 12.2 Å². The molecule has 0 bridgehead atoms. The van der Waals surface area contributed by atoms with Gasteiger partial charge in [-0.2, -0.15) is 0 Å². The van der Waals surface area contributed by atoms with Gasteiger partial charge in [-0.15, -0.1) is 0 Å². The van der Waals surface area contributed by atoms with Crippen LogP contribution in [0.25, 0.3) is 0 Å². The minimum Gasteiger partial charge on any atom is -0.462 e. The molecule has 3 rings (SSSR count). The number of hydrogen-bond acceptors (Lipinski definition) is 8. The molecule has 0 fully saturated rings. The van der Waals surface area contributed by atoms with E-state index in [4.69, 9.17) is 4.74 Å². The fraction of sp³-hybridized carbons (Fsp3) is 0.300. The van der Waals surface area contributed by atoms with Crippen molar-refractivity contribution in [3.63, 3.8) is 0 Å². The van der Waals surface area contributed by atoms with Crippen molar-refractivity contribution >= 4 is 29.3 Å². The Labute approximate surface area is 172 Å². The lowest BCUT2D eigenvalue weighted by atomic mass is 10.1. The van der Waals surface area contributed by atoms with Crippen LogP contribution in [0.4, 0.5) is 11.5 Å². The lowest BCUT2D eigenvalue weighted by Crippen LogP contribution is -2.44. The fourth-order valence-corrected chi connectivity index (χ4v) is 3.02. The molecule has 156 valence electrons. The lowest BCUT2D eigenvalue weighted by Gasteiger charge is -2.23. The highest BCUT2D eigenvalue weighted by Gasteiger charge is 2.41. The van der Waals surface area contributed by atoms with Gasteiger partial charge in [0, 0.05) is 6.07 Å². The van der Waals surface area contributed by atoms with Crippen LogP contribution in [0, 0.1) is 10.1 Å². The van der Waals surface area contributed by atoms with Crippen LogP contribution >= 0.6 is 0 Å². The molecule has 0 saturated heterocycles. The maximum atomic E-state index is 12.5. The molecular formula is C20H20N4O6. The summed E-state index contributed by atoms with van der Waals surface area (Å²) < 4.78 is 5.32. The molecule has 0 radical (unpaired) electrons. The van der Waals surface area contributed by atoms with Crippen LogP contribution in [0.2, 0.25) is 0 Å². The first-order chi connectivity index (χ1) is 14.3. The minimum absolute atomic E-state index is 0.0263. The van der Waals surface area contributed by atoms with E-state index in [2.05, 4.69) is 10.3 Å². The Kier molecular flexibility index (Phi) is 6.05. The number of rotatable bonds is 8. The molecule has 1 aliphatic rings. The zero-order chi connectivity index (χ0) is 21.8. The van der Waals surface area contributed by atoms with E-state index in [1.54, 1.807) is 24.3 Å². The molecular weight excluding hydrogens is 392 g/mol. The number of pyridine rings is 1. The SMILES string of the molecule is CCC(COC(=O)C(C)N1C(=O)c2ccccc2C1=O)Nc1ccc([N+](=O)[O-])cn1. The van der Waals surface area contributed by atoms with Gasteiger partial charge in [-0.25, -0.2) is 9.78 Å². The zero-order valence-corrected chi connectivity index (χ0v) is 16.4. The van der Waals surface area contributed by atoms with Crippen LogP contribution < -0.4 is 5.32 Å². The second kappa shape index (κ2) is 8.68. The van der Waals surface area contributed by atoms with Crippen LogP contribution in [0.15, 0.2) is 42.6 Å². The van der Waals surface area contributed by atoms with Gasteiger partial charge in [0.1, 0.15) is 24.7 Å². The number of hydrogen-bond donors (Lipinski definition) is 1. The van der Waals surface area contributed by atoms with E-state index < -0.39 is 28.7 Å². The molecule has 2 heterocycles. The Morgan fingerprint density at radius 1 is 1.20 bits per heavy atom. The Hall–Kier alpha value is -3.82. The molecule has 1 aliphatic heterocycles. The number of fused-ring (bicyclic) bond motifs is 1. The number of anilines is 1. The van der Waals surface area contributed by atoms with Crippen molar-refractivity contribution in [2.75, 3.05) is 11.9 Å². The molecule has 2 unspecified atom stereocenters. The molecule has 1 aromatic heterocycles. The number of carbonyl (C=O) groups is 3. The number of carbonyl (C=O) groups excluding carboxylic acids is 3. The number of amides is 2. The van der Waals surface area contributed by atoms with Gasteiger partial charge in [-0.05, 0) is 31.5 Å². The number of ether oxygens (including phenoxy) is 1. The second-order valence-electron chi connectivity index (χ2n) is 6.74. The van der Waals surface area contributed by atoms with Gasteiger partial charge in [0.25, 0.3) is 17.5 Å². The highest BCUT2D eigenvalue weighted by Crippen LogP contribution is 2.25. The predicted molar refractivity (Wildman–Crippen MR) is 106 cm³/mol. The number of esters is 1. The summed E-state index contributed by atoms with van der Waals surface area (Å²) in [5.74, 6) is -1.36. The summed E-state index contributed by atoms with van der Waals surface area (Å²) in [7, 11) is 0. The Bertz CT molecular complexity index is 956. The van der Waals surface area contributed by atoms with E-state index in [0.717, 1.165) is 11.1 Å². The number of nitro groups is 1. The number of benzene rings is 1. The van der Waals surface area contributed by atoms with Crippen molar-refractivity contribution in [1.82, 2.24) is 9.88 Å². The number of nitrogens with zero attached hydrogens (tertiary/aromatic N) is 3. The van der Waals surface area contributed by atoms with Gasteiger partial charge in [0.15, 0.2) is 0 Å². The highest BCUT2D eigenvalue weighted by molar-refractivity contribution is 6.22. The van der Waals surface area contributed by atoms with Crippen LogP contribution in [-0.4, -0.2) is 51.3 Å². The van der Waals surface area contributed by atoms with Crippen LogP contribution in [-0.2, 0) is 9.53 Å². The van der Waals surface area contributed by atoms with Gasteiger partial charge in [-0.1, -0.05) is 19.1 Å². The first kappa shape index (κ1) is 20.9. The van der Waals surface area contributed by atoms with Crippen molar-refractivity contribution in [1.29, 1.82) is 0 Å². The molecule has 2 atom stereocenters. The normalized spacial score (nSPS) is 14.8. The zero-order valence-electron chi connectivity index (χ0n) is 16.4. The van der Waals surface area contributed by atoms with Crippen LogP contribution in [0.5, 0.6) is 0 Å². The van der Waals surface area contributed by atoms with Crippen molar-refractivity contribution in [2.45, 2.75) is 32.4 Å². The van der Waals surface area contributed by atoms with Crippen molar-refractivity contribution in [3.05, 3.63) is 63.8 Å². The van der Waals surface area contributed by atoms with E-state index in [-0.39, 0.29) is 29.5 Å². The van der Waals surface area contributed by atoms with Crippen molar-refractivity contribution in [2.24, 2.45) is 0 Å². The smallest absolute Gasteiger partial charge is 0.329 e. The van der Waals surface area contributed by atoms with Gasteiger partial charge in [0.05, 0.1) is 22.1 Å². The van der Waals surface area contributed by atoms with Crippen molar-refractivity contribution < 1.29 is 24.0 Å². The topological polar surface area (TPSA) is 132 Å². The molecule has 0 spiro atoms. The summed E-state index contributed by atoms with van der Waals surface area (Å²) in [5, 5.41) is 13.7. The Morgan fingerprint density at radius 3 is 2.33 bits per heavy atom. The Morgan fingerprint density at radius 2 is 1.83 bits per heavy atom. The third kappa shape index (κ3) is 4.12. The minimum atomic E-state index is -1.08. The lowest BCUT2D eigenvalue weighted by molar-refractivity contribution is -0.385. The summed E-state index contributed by atoms with van der Waals surface area (Å²) in [6.07, 6.45) is 1.71. The maximum Gasteiger partial charge on any atom is 0.329 e.